The molecule has 4 rings (SSSR count). The molecule has 0 spiro atoms. The summed E-state index contributed by atoms with van der Waals surface area (Å²) in [5.74, 6) is 0. The summed E-state index contributed by atoms with van der Waals surface area (Å²) in [5, 5.41) is 4.56. The Hall–Kier alpha value is -2.26. The molecule has 0 aliphatic heterocycles. The number of nitrogens with zero attached hydrogens (tertiary/aromatic N) is 2. The molecule has 2 nitrogen and oxygen atoms in total. The van der Waals surface area contributed by atoms with Crippen LogP contribution in [0.2, 0.25) is 0 Å². The maximum Gasteiger partial charge on any atom is 0.0971 e. The molecule has 0 N–H and O–H groups in total. The lowest BCUT2D eigenvalue weighted by Crippen LogP contribution is -1.91. The van der Waals surface area contributed by atoms with Crippen LogP contribution in [0, 0.1) is 0 Å². The molecule has 0 unspecified atom stereocenters. The average Bonchev–Trinajstić information content (AvgIpc) is 2.55. The standard InChI is InChI=1S/C18H11BrN2/c19-16-11-21-18(15-8-4-3-7-14(15)16)17-13-6-2-1-5-12(13)9-10-20-17/h1-11H. The minimum absolute atomic E-state index is 0.922. The quantitative estimate of drug-likeness (QED) is 0.477. The zero-order valence-electron chi connectivity index (χ0n) is 11.1. The normalized spacial score (nSPS) is 11.1. The van der Waals surface area contributed by atoms with E-state index in [1.165, 1.54) is 5.39 Å². The van der Waals surface area contributed by atoms with E-state index in [2.05, 4.69) is 50.2 Å². The predicted octanol–water partition coefficient (Wildman–Crippen LogP) is 5.21. The Morgan fingerprint density at radius 1 is 0.667 bits per heavy atom. The summed E-state index contributed by atoms with van der Waals surface area (Å²) in [7, 11) is 0. The van der Waals surface area contributed by atoms with Crippen molar-refractivity contribution in [3.63, 3.8) is 0 Å². The smallest absolute Gasteiger partial charge is 0.0971 e. The molecule has 0 fully saturated rings. The Morgan fingerprint density at radius 2 is 1.33 bits per heavy atom. The van der Waals surface area contributed by atoms with E-state index < -0.39 is 0 Å². The second-order valence-corrected chi connectivity index (χ2v) is 5.74. The van der Waals surface area contributed by atoms with Crippen molar-refractivity contribution in [1.29, 1.82) is 0 Å². The lowest BCUT2D eigenvalue weighted by Gasteiger charge is -2.09. The molecule has 0 atom stereocenters. The van der Waals surface area contributed by atoms with Crippen LogP contribution in [-0.2, 0) is 0 Å². The van der Waals surface area contributed by atoms with Crippen LogP contribution in [0.5, 0.6) is 0 Å². The van der Waals surface area contributed by atoms with Crippen molar-refractivity contribution in [2.24, 2.45) is 0 Å². The lowest BCUT2D eigenvalue weighted by molar-refractivity contribution is 1.28. The van der Waals surface area contributed by atoms with Crippen molar-refractivity contribution in [1.82, 2.24) is 9.97 Å². The second kappa shape index (κ2) is 4.93. The predicted molar refractivity (Wildman–Crippen MR) is 90.2 cm³/mol. The van der Waals surface area contributed by atoms with Gasteiger partial charge >= 0.3 is 0 Å². The van der Waals surface area contributed by atoms with Crippen LogP contribution in [0.1, 0.15) is 0 Å². The molecule has 3 heteroatoms. The Bertz CT molecular complexity index is 958. The minimum atomic E-state index is 0.922. The third kappa shape index (κ3) is 2.01. The van der Waals surface area contributed by atoms with E-state index in [4.69, 9.17) is 0 Å². The van der Waals surface area contributed by atoms with E-state index in [-0.39, 0.29) is 0 Å². The maximum absolute atomic E-state index is 4.62. The molecule has 2 heterocycles. The van der Waals surface area contributed by atoms with Gasteiger partial charge in [-0.25, -0.2) is 0 Å². The molecular weight excluding hydrogens is 324 g/mol. The molecule has 100 valence electrons. The maximum atomic E-state index is 4.62. The van der Waals surface area contributed by atoms with Gasteiger partial charge in [0, 0.05) is 27.6 Å². The highest BCUT2D eigenvalue weighted by Gasteiger charge is 2.11. The Morgan fingerprint density at radius 3 is 2.19 bits per heavy atom. The number of fused-ring (bicyclic) bond motifs is 2. The fourth-order valence-corrected chi connectivity index (χ4v) is 3.10. The van der Waals surface area contributed by atoms with E-state index >= 15 is 0 Å². The fraction of sp³-hybridized carbons (Fsp3) is 0. The van der Waals surface area contributed by atoms with Gasteiger partial charge in [0.05, 0.1) is 11.4 Å². The molecule has 0 amide bonds. The van der Waals surface area contributed by atoms with Crippen molar-refractivity contribution in [3.05, 3.63) is 71.5 Å². The van der Waals surface area contributed by atoms with Crippen molar-refractivity contribution in [2.45, 2.75) is 0 Å². The summed E-state index contributed by atoms with van der Waals surface area (Å²) in [6.45, 7) is 0. The Labute approximate surface area is 130 Å². The SMILES string of the molecule is Brc1cnc(-c2nccc3ccccc23)c2ccccc12. The summed E-state index contributed by atoms with van der Waals surface area (Å²) in [6, 6.07) is 18.5. The summed E-state index contributed by atoms with van der Waals surface area (Å²) >= 11 is 3.57. The largest absolute Gasteiger partial charge is 0.254 e. The first-order valence-corrected chi connectivity index (χ1v) is 7.51. The highest BCUT2D eigenvalue weighted by atomic mass is 79.9. The molecule has 0 aliphatic carbocycles. The number of hydrogen-bond acceptors (Lipinski definition) is 2. The third-order valence-corrected chi connectivity index (χ3v) is 4.28. The zero-order chi connectivity index (χ0) is 14.2. The summed E-state index contributed by atoms with van der Waals surface area (Å²) < 4.78 is 1.00. The van der Waals surface area contributed by atoms with E-state index in [1.54, 1.807) is 0 Å². The first-order chi connectivity index (χ1) is 10.3. The van der Waals surface area contributed by atoms with E-state index in [9.17, 15) is 0 Å². The molecule has 0 saturated carbocycles. The third-order valence-electron chi connectivity index (χ3n) is 3.64. The summed E-state index contributed by atoms with van der Waals surface area (Å²) in [6.07, 6.45) is 3.69. The average molecular weight is 335 g/mol. The van der Waals surface area contributed by atoms with Crippen LogP contribution in [0.15, 0.2) is 71.5 Å². The molecule has 4 aromatic rings. The monoisotopic (exact) mass is 334 g/mol. The number of aromatic nitrogens is 2. The van der Waals surface area contributed by atoms with Gasteiger partial charge in [0.15, 0.2) is 0 Å². The van der Waals surface area contributed by atoms with Crippen molar-refractivity contribution in [2.75, 3.05) is 0 Å². The summed E-state index contributed by atoms with van der Waals surface area (Å²) in [5.41, 5.74) is 1.85. The molecule has 0 radical (unpaired) electrons. The molecule has 2 aromatic heterocycles. The zero-order valence-corrected chi connectivity index (χ0v) is 12.7. The number of hydrogen-bond donors (Lipinski definition) is 0. The first-order valence-electron chi connectivity index (χ1n) is 6.72. The second-order valence-electron chi connectivity index (χ2n) is 4.88. The van der Waals surface area contributed by atoms with Gasteiger partial charge in [-0.05, 0) is 32.8 Å². The molecule has 0 saturated heterocycles. The fourth-order valence-electron chi connectivity index (χ4n) is 2.66. The van der Waals surface area contributed by atoms with Crippen LogP contribution in [0.3, 0.4) is 0 Å². The van der Waals surface area contributed by atoms with Crippen molar-refractivity contribution < 1.29 is 0 Å². The topological polar surface area (TPSA) is 25.8 Å². The van der Waals surface area contributed by atoms with Crippen LogP contribution in [0.4, 0.5) is 0 Å². The lowest BCUT2D eigenvalue weighted by atomic mass is 10.0. The van der Waals surface area contributed by atoms with Gasteiger partial charge in [0.2, 0.25) is 0 Å². The van der Waals surface area contributed by atoms with Gasteiger partial charge < -0.3 is 0 Å². The number of pyridine rings is 2. The van der Waals surface area contributed by atoms with E-state index in [0.29, 0.717) is 0 Å². The summed E-state index contributed by atoms with van der Waals surface area (Å²) in [4.78, 5) is 9.20. The van der Waals surface area contributed by atoms with Crippen molar-refractivity contribution >= 4 is 37.5 Å². The number of rotatable bonds is 1. The van der Waals surface area contributed by atoms with E-state index in [0.717, 1.165) is 32.0 Å². The van der Waals surface area contributed by atoms with Gasteiger partial charge in [-0.2, -0.15) is 0 Å². The first kappa shape index (κ1) is 12.5. The van der Waals surface area contributed by atoms with Crippen LogP contribution < -0.4 is 0 Å². The van der Waals surface area contributed by atoms with Crippen LogP contribution >= 0.6 is 15.9 Å². The van der Waals surface area contributed by atoms with Crippen molar-refractivity contribution in [3.8, 4) is 11.4 Å². The Balaban J connectivity index is 2.13. The Kier molecular flexibility index (Phi) is 2.93. The molecular formula is C18H11BrN2. The molecule has 0 bridgehead atoms. The highest BCUT2D eigenvalue weighted by Crippen LogP contribution is 2.33. The molecule has 2 aromatic carbocycles. The van der Waals surface area contributed by atoms with Crippen LogP contribution in [0.25, 0.3) is 32.9 Å². The van der Waals surface area contributed by atoms with Gasteiger partial charge in [0.1, 0.15) is 0 Å². The number of benzene rings is 2. The van der Waals surface area contributed by atoms with Gasteiger partial charge in [-0.3, -0.25) is 9.97 Å². The van der Waals surface area contributed by atoms with Crippen LogP contribution in [-0.4, -0.2) is 9.97 Å². The molecule has 21 heavy (non-hydrogen) atoms. The van der Waals surface area contributed by atoms with Gasteiger partial charge in [-0.1, -0.05) is 48.5 Å². The molecule has 0 aliphatic rings. The minimum Gasteiger partial charge on any atom is -0.254 e. The van der Waals surface area contributed by atoms with E-state index in [1.807, 2.05) is 42.7 Å². The number of halogens is 1. The highest BCUT2D eigenvalue weighted by molar-refractivity contribution is 9.10. The van der Waals surface area contributed by atoms with Gasteiger partial charge in [0.25, 0.3) is 0 Å². The van der Waals surface area contributed by atoms with Gasteiger partial charge in [-0.15, -0.1) is 0 Å².